The van der Waals surface area contributed by atoms with Crippen LogP contribution in [0.15, 0.2) is 35.5 Å². The third-order valence-corrected chi connectivity index (χ3v) is 2.49. The molecule has 0 radical (unpaired) electrons. The Kier molecular flexibility index (Phi) is 3.27. The van der Waals surface area contributed by atoms with Crippen molar-refractivity contribution < 1.29 is 9.21 Å². The fourth-order valence-electron chi connectivity index (χ4n) is 1.65. The number of nitrogens with zero attached hydrogens (tertiary/aromatic N) is 2. The summed E-state index contributed by atoms with van der Waals surface area (Å²) in [5, 5.41) is 2.88. The van der Waals surface area contributed by atoms with Gasteiger partial charge in [0.2, 0.25) is 0 Å². The highest BCUT2D eigenvalue weighted by Crippen LogP contribution is 2.08. The minimum absolute atomic E-state index is 0.0150. The molecule has 1 N–H and O–H groups in total. The smallest absolute Gasteiger partial charge is 0.287 e. The van der Waals surface area contributed by atoms with Gasteiger partial charge in [0.15, 0.2) is 5.76 Å². The third kappa shape index (κ3) is 2.75. The summed E-state index contributed by atoms with van der Waals surface area (Å²) in [7, 11) is 0. The zero-order valence-corrected chi connectivity index (χ0v) is 9.88. The molecule has 0 saturated carbocycles. The van der Waals surface area contributed by atoms with Crippen molar-refractivity contribution in [2.24, 2.45) is 0 Å². The highest BCUT2D eigenvalue weighted by Gasteiger charge is 2.14. The number of aryl methyl sites for hydroxylation is 1. The lowest BCUT2D eigenvalue weighted by Gasteiger charge is -2.13. The molecule has 0 aliphatic carbocycles. The van der Waals surface area contributed by atoms with E-state index in [9.17, 15) is 4.79 Å². The van der Waals surface area contributed by atoms with Crippen molar-refractivity contribution in [3.63, 3.8) is 0 Å². The van der Waals surface area contributed by atoms with E-state index in [2.05, 4.69) is 10.3 Å². The van der Waals surface area contributed by atoms with Crippen LogP contribution in [0.25, 0.3) is 0 Å². The summed E-state index contributed by atoms with van der Waals surface area (Å²) in [4.78, 5) is 15.8. The summed E-state index contributed by atoms with van der Waals surface area (Å²) < 4.78 is 7.05. The molecule has 0 fully saturated rings. The number of rotatable bonds is 4. The minimum atomic E-state index is -0.180. The topological polar surface area (TPSA) is 60.1 Å². The lowest BCUT2D eigenvalue weighted by atomic mass is 10.2. The van der Waals surface area contributed by atoms with E-state index in [1.54, 1.807) is 18.6 Å². The van der Waals surface area contributed by atoms with Crippen molar-refractivity contribution in [2.45, 2.75) is 26.4 Å². The molecule has 0 saturated heterocycles. The third-order valence-electron chi connectivity index (χ3n) is 2.49. The zero-order chi connectivity index (χ0) is 12.3. The van der Waals surface area contributed by atoms with Crippen LogP contribution in [-0.4, -0.2) is 21.5 Å². The Morgan fingerprint density at radius 3 is 3.06 bits per heavy atom. The van der Waals surface area contributed by atoms with Gasteiger partial charge in [-0.15, -0.1) is 0 Å². The lowest BCUT2D eigenvalue weighted by molar-refractivity contribution is 0.0908. The molecule has 2 rings (SSSR count). The number of nitrogens with one attached hydrogen (secondary N) is 1. The number of amides is 1. The molecule has 0 aromatic carbocycles. The van der Waals surface area contributed by atoms with Crippen molar-refractivity contribution in [1.29, 1.82) is 0 Å². The zero-order valence-electron chi connectivity index (χ0n) is 9.88. The maximum atomic E-state index is 11.8. The summed E-state index contributed by atoms with van der Waals surface area (Å²) in [6.07, 6.45) is 6.82. The Hall–Kier alpha value is -2.04. The molecule has 1 unspecified atom stereocenters. The molecule has 90 valence electrons. The molecule has 0 aliphatic rings. The Bertz CT molecular complexity index is 488. The van der Waals surface area contributed by atoms with Gasteiger partial charge in [0, 0.05) is 30.5 Å². The van der Waals surface area contributed by atoms with Gasteiger partial charge >= 0.3 is 0 Å². The van der Waals surface area contributed by atoms with Crippen LogP contribution in [0.1, 0.15) is 23.0 Å². The van der Waals surface area contributed by atoms with Gasteiger partial charge in [0.05, 0.1) is 12.6 Å². The SMILES string of the molecule is Cc1ccoc1C(=O)NC(C)Cn1ccnc1. The molecule has 5 nitrogen and oxygen atoms in total. The highest BCUT2D eigenvalue weighted by molar-refractivity contribution is 5.92. The Balaban J connectivity index is 1.93. The van der Waals surface area contributed by atoms with E-state index >= 15 is 0 Å². The summed E-state index contributed by atoms with van der Waals surface area (Å²) in [5.41, 5.74) is 0.845. The van der Waals surface area contributed by atoms with E-state index in [0.29, 0.717) is 12.3 Å². The number of carbonyl (C=O) groups excluding carboxylic acids is 1. The van der Waals surface area contributed by atoms with Gasteiger partial charge in [-0.3, -0.25) is 4.79 Å². The fraction of sp³-hybridized carbons (Fsp3) is 0.333. The predicted molar refractivity (Wildman–Crippen MR) is 62.6 cm³/mol. The monoisotopic (exact) mass is 233 g/mol. The number of furan rings is 1. The molecule has 1 atom stereocenters. The summed E-state index contributed by atoms with van der Waals surface area (Å²) in [5.74, 6) is 0.197. The van der Waals surface area contributed by atoms with E-state index in [1.165, 1.54) is 6.26 Å². The fourth-order valence-corrected chi connectivity index (χ4v) is 1.65. The van der Waals surface area contributed by atoms with Crippen LogP contribution >= 0.6 is 0 Å². The van der Waals surface area contributed by atoms with Crippen LogP contribution in [0.3, 0.4) is 0 Å². The Morgan fingerprint density at radius 2 is 2.47 bits per heavy atom. The van der Waals surface area contributed by atoms with Gasteiger partial charge in [-0.1, -0.05) is 0 Å². The number of hydrogen-bond donors (Lipinski definition) is 1. The predicted octanol–water partition coefficient (Wildman–Crippen LogP) is 1.60. The summed E-state index contributed by atoms with van der Waals surface area (Å²) in [6, 6.07) is 1.79. The molecule has 2 aromatic rings. The second-order valence-electron chi connectivity index (χ2n) is 4.07. The average molecular weight is 233 g/mol. The Labute approximate surface area is 99.5 Å². The second kappa shape index (κ2) is 4.86. The first-order valence-electron chi connectivity index (χ1n) is 5.47. The lowest BCUT2D eigenvalue weighted by Crippen LogP contribution is -2.35. The number of carbonyl (C=O) groups is 1. The van der Waals surface area contributed by atoms with E-state index < -0.39 is 0 Å². The largest absolute Gasteiger partial charge is 0.459 e. The van der Waals surface area contributed by atoms with Crippen LogP contribution in [0.4, 0.5) is 0 Å². The van der Waals surface area contributed by atoms with E-state index in [1.807, 2.05) is 24.6 Å². The van der Waals surface area contributed by atoms with Crippen LogP contribution in [0.2, 0.25) is 0 Å². The molecular formula is C12H15N3O2. The Morgan fingerprint density at radius 1 is 1.65 bits per heavy atom. The quantitative estimate of drug-likeness (QED) is 0.872. The molecule has 0 spiro atoms. The van der Waals surface area contributed by atoms with Gasteiger partial charge in [-0.05, 0) is 19.9 Å². The van der Waals surface area contributed by atoms with Crippen molar-refractivity contribution >= 4 is 5.91 Å². The van der Waals surface area contributed by atoms with Crippen molar-refractivity contribution in [1.82, 2.24) is 14.9 Å². The van der Waals surface area contributed by atoms with E-state index in [-0.39, 0.29) is 11.9 Å². The second-order valence-corrected chi connectivity index (χ2v) is 4.07. The molecular weight excluding hydrogens is 218 g/mol. The number of hydrogen-bond acceptors (Lipinski definition) is 3. The molecule has 0 bridgehead atoms. The van der Waals surface area contributed by atoms with Crippen molar-refractivity contribution in [2.75, 3.05) is 0 Å². The summed E-state index contributed by atoms with van der Waals surface area (Å²) >= 11 is 0. The van der Waals surface area contributed by atoms with E-state index in [4.69, 9.17) is 4.42 Å². The normalized spacial score (nSPS) is 12.4. The molecule has 2 aromatic heterocycles. The van der Waals surface area contributed by atoms with Crippen LogP contribution in [0.5, 0.6) is 0 Å². The first-order chi connectivity index (χ1) is 8.16. The van der Waals surface area contributed by atoms with E-state index in [0.717, 1.165) is 5.56 Å². The van der Waals surface area contributed by atoms with Gasteiger partial charge in [0.1, 0.15) is 0 Å². The van der Waals surface area contributed by atoms with Gasteiger partial charge < -0.3 is 14.3 Å². The molecule has 0 aliphatic heterocycles. The van der Waals surface area contributed by atoms with Gasteiger partial charge in [-0.25, -0.2) is 4.98 Å². The minimum Gasteiger partial charge on any atom is -0.459 e. The van der Waals surface area contributed by atoms with Gasteiger partial charge in [-0.2, -0.15) is 0 Å². The highest BCUT2D eigenvalue weighted by atomic mass is 16.3. The molecule has 1 amide bonds. The van der Waals surface area contributed by atoms with Crippen LogP contribution < -0.4 is 5.32 Å². The van der Waals surface area contributed by atoms with Crippen molar-refractivity contribution in [3.8, 4) is 0 Å². The maximum absolute atomic E-state index is 11.8. The van der Waals surface area contributed by atoms with Crippen molar-refractivity contribution in [3.05, 3.63) is 42.4 Å². The summed E-state index contributed by atoms with van der Waals surface area (Å²) in [6.45, 7) is 4.47. The van der Waals surface area contributed by atoms with Gasteiger partial charge in [0.25, 0.3) is 5.91 Å². The molecule has 2 heterocycles. The van der Waals surface area contributed by atoms with Crippen LogP contribution in [0, 0.1) is 6.92 Å². The first-order valence-corrected chi connectivity index (χ1v) is 5.47. The molecule has 5 heteroatoms. The first kappa shape index (κ1) is 11.4. The standard InChI is InChI=1S/C12H15N3O2/c1-9-3-6-17-11(9)12(16)14-10(2)7-15-5-4-13-8-15/h3-6,8,10H,7H2,1-2H3,(H,14,16). The number of imidazole rings is 1. The number of aromatic nitrogens is 2. The van der Waals surface area contributed by atoms with Crippen LogP contribution in [-0.2, 0) is 6.54 Å². The average Bonchev–Trinajstić information content (AvgIpc) is 2.88. The molecule has 17 heavy (non-hydrogen) atoms. The maximum Gasteiger partial charge on any atom is 0.287 e.